The van der Waals surface area contributed by atoms with Crippen LogP contribution in [-0.4, -0.2) is 27.8 Å². The molecule has 13 heavy (non-hydrogen) atoms. The van der Waals surface area contributed by atoms with Crippen LogP contribution < -0.4 is 11.4 Å². The van der Waals surface area contributed by atoms with Gasteiger partial charge in [0.1, 0.15) is 6.10 Å². The molecule has 1 saturated heterocycles. The van der Waals surface area contributed by atoms with Gasteiger partial charge in [0.2, 0.25) is 0 Å². The largest absolute Gasteiger partial charge is 0.366 e. The molecule has 1 aliphatic rings. The van der Waals surface area contributed by atoms with Crippen molar-refractivity contribution in [3.05, 3.63) is 16.3 Å². The summed E-state index contributed by atoms with van der Waals surface area (Å²) in [6, 6.07) is 0. The van der Waals surface area contributed by atoms with Gasteiger partial charge in [0.25, 0.3) is 0 Å². The summed E-state index contributed by atoms with van der Waals surface area (Å²) in [5, 5.41) is 6.11. The van der Waals surface area contributed by atoms with E-state index in [1.54, 1.807) is 0 Å². The second kappa shape index (κ2) is 3.31. The Morgan fingerprint density at radius 3 is 3.00 bits per heavy atom. The molecule has 0 aliphatic carbocycles. The van der Waals surface area contributed by atoms with Crippen molar-refractivity contribution in [1.82, 2.24) is 15.2 Å². The number of nitrogens with two attached hydrogens (primary N) is 1. The molecule has 0 bridgehead atoms. The Hall–Kier alpha value is -1.14. The topological polar surface area (TPSA) is 96.8 Å². The van der Waals surface area contributed by atoms with E-state index < -0.39 is 0 Å². The summed E-state index contributed by atoms with van der Waals surface area (Å²) >= 11 is 0. The number of nitrogens with one attached hydrogen (secondary N) is 2. The van der Waals surface area contributed by atoms with Gasteiger partial charge in [0.05, 0.1) is 6.10 Å². The molecule has 1 aliphatic heterocycles. The number of rotatable bonds is 2. The average Bonchev–Trinajstić information content (AvgIpc) is 2.71. The molecule has 2 rings (SSSR count). The highest BCUT2D eigenvalue weighted by Crippen LogP contribution is 2.29. The van der Waals surface area contributed by atoms with E-state index in [2.05, 4.69) is 15.2 Å². The summed E-state index contributed by atoms with van der Waals surface area (Å²) in [6.07, 6.45) is 1.79. The van der Waals surface area contributed by atoms with Gasteiger partial charge in [-0.15, -0.1) is 0 Å². The van der Waals surface area contributed by atoms with Crippen LogP contribution in [0.5, 0.6) is 0 Å². The minimum atomic E-state index is -0.296. The SMILES string of the molecule is NCC1CCC(c2n[nH]c(=O)[nH]2)O1. The molecule has 0 spiro atoms. The third kappa shape index (κ3) is 1.63. The van der Waals surface area contributed by atoms with Gasteiger partial charge in [0.15, 0.2) is 5.82 Å². The van der Waals surface area contributed by atoms with E-state index in [0.29, 0.717) is 12.4 Å². The third-order valence-corrected chi connectivity index (χ3v) is 2.19. The minimum Gasteiger partial charge on any atom is -0.366 e. The highest BCUT2D eigenvalue weighted by Gasteiger charge is 2.27. The van der Waals surface area contributed by atoms with Gasteiger partial charge >= 0.3 is 5.69 Å². The molecule has 2 unspecified atom stereocenters. The fourth-order valence-corrected chi connectivity index (χ4v) is 1.52. The molecule has 1 fully saturated rings. The summed E-state index contributed by atoms with van der Waals surface area (Å²) in [6.45, 7) is 0.519. The summed E-state index contributed by atoms with van der Waals surface area (Å²) in [5.74, 6) is 0.570. The van der Waals surface area contributed by atoms with Crippen LogP contribution >= 0.6 is 0 Å². The first-order chi connectivity index (χ1) is 6.29. The molecule has 1 aromatic heterocycles. The molecule has 72 valence electrons. The zero-order chi connectivity index (χ0) is 9.26. The first-order valence-corrected chi connectivity index (χ1v) is 4.29. The second-order valence-electron chi connectivity index (χ2n) is 3.12. The maximum Gasteiger partial charge on any atom is 0.340 e. The number of aromatic nitrogens is 3. The van der Waals surface area contributed by atoms with Gasteiger partial charge in [-0.3, -0.25) is 4.98 Å². The van der Waals surface area contributed by atoms with Crippen LogP contribution in [-0.2, 0) is 4.74 Å². The smallest absolute Gasteiger partial charge is 0.340 e. The molecule has 0 radical (unpaired) electrons. The van der Waals surface area contributed by atoms with Crippen LogP contribution in [0.2, 0.25) is 0 Å². The molecule has 0 saturated carbocycles. The van der Waals surface area contributed by atoms with Crippen molar-refractivity contribution in [2.75, 3.05) is 6.54 Å². The van der Waals surface area contributed by atoms with E-state index >= 15 is 0 Å². The standard InChI is InChI=1S/C7H12N4O2/c8-3-4-1-2-5(13-4)6-9-7(12)11-10-6/h4-5H,1-3,8H2,(H2,9,10,11,12). The summed E-state index contributed by atoms with van der Waals surface area (Å²) in [7, 11) is 0. The van der Waals surface area contributed by atoms with Gasteiger partial charge in [0, 0.05) is 6.54 Å². The number of hydrogen-bond acceptors (Lipinski definition) is 4. The van der Waals surface area contributed by atoms with Crippen molar-refractivity contribution in [3.63, 3.8) is 0 Å². The van der Waals surface area contributed by atoms with Gasteiger partial charge < -0.3 is 10.5 Å². The third-order valence-electron chi connectivity index (χ3n) is 2.19. The van der Waals surface area contributed by atoms with Crippen molar-refractivity contribution < 1.29 is 4.74 Å². The number of hydrogen-bond donors (Lipinski definition) is 3. The lowest BCUT2D eigenvalue weighted by atomic mass is 10.2. The lowest BCUT2D eigenvalue weighted by Crippen LogP contribution is -2.19. The van der Waals surface area contributed by atoms with E-state index in [1.165, 1.54) is 0 Å². The number of nitrogens with zero attached hydrogens (tertiary/aromatic N) is 1. The summed E-state index contributed by atoms with van der Waals surface area (Å²) < 4.78 is 5.53. The van der Waals surface area contributed by atoms with Crippen molar-refractivity contribution in [2.24, 2.45) is 5.73 Å². The van der Waals surface area contributed by atoms with Crippen molar-refractivity contribution in [2.45, 2.75) is 25.0 Å². The molecule has 0 aromatic carbocycles. The first kappa shape index (κ1) is 8.46. The molecule has 1 aromatic rings. The highest BCUT2D eigenvalue weighted by molar-refractivity contribution is 4.91. The van der Waals surface area contributed by atoms with E-state index in [9.17, 15) is 4.79 Å². The Morgan fingerprint density at radius 1 is 1.62 bits per heavy atom. The van der Waals surface area contributed by atoms with Crippen LogP contribution in [0.25, 0.3) is 0 Å². The average molecular weight is 184 g/mol. The zero-order valence-corrected chi connectivity index (χ0v) is 7.12. The maximum absolute atomic E-state index is 10.7. The predicted molar refractivity (Wildman–Crippen MR) is 45.1 cm³/mol. The molecule has 2 heterocycles. The molecule has 0 amide bonds. The Kier molecular flexibility index (Phi) is 2.15. The molecule has 2 atom stereocenters. The molecule has 4 N–H and O–H groups in total. The zero-order valence-electron chi connectivity index (χ0n) is 7.12. The van der Waals surface area contributed by atoms with Gasteiger partial charge in [-0.05, 0) is 12.8 Å². The quantitative estimate of drug-likeness (QED) is 0.565. The van der Waals surface area contributed by atoms with Crippen LogP contribution in [0.15, 0.2) is 4.79 Å². The van der Waals surface area contributed by atoms with Gasteiger partial charge in [-0.2, -0.15) is 5.10 Å². The molecule has 6 nitrogen and oxygen atoms in total. The normalized spacial score (nSPS) is 28.1. The fourth-order valence-electron chi connectivity index (χ4n) is 1.52. The Balaban J connectivity index is 2.07. The van der Waals surface area contributed by atoms with Gasteiger partial charge in [-0.25, -0.2) is 9.89 Å². The Bertz CT molecular complexity index is 331. The van der Waals surface area contributed by atoms with E-state index in [1.807, 2.05) is 0 Å². The summed E-state index contributed by atoms with van der Waals surface area (Å²) in [4.78, 5) is 13.3. The Labute approximate surface area is 74.5 Å². The van der Waals surface area contributed by atoms with Crippen LogP contribution in [0.4, 0.5) is 0 Å². The van der Waals surface area contributed by atoms with Crippen molar-refractivity contribution in [1.29, 1.82) is 0 Å². The van der Waals surface area contributed by atoms with Crippen LogP contribution in [0.3, 0.4) is 0 Å². The minimum absolute atomic E-state index is 0.102. The number of H-pyrrole nitrogens is 2. The first-order valence-electron chi connectivity index (χ1n) is 4.29. The van der Waals surface area contributed by atoms with Crippen LogP contribution in [0.1, 0.15) is 24.8 Å². The Morgan fingerprint density at radius 2 is 2.46 bits per heavy atom. The van der Waals surface area contributed by atoms with Crippen molar-refractivity contribution in [3.8, 4) is 0 Å². The fraction of sp³-hybridized carbons (Fsp3) is 0.714. The van der Waals surface area contributed by atoms with E-state index in [4.69, 9.17) is 10.5 Å². The lowest BCUT2D eigenvalue weighted by Gasteiger charge is -2.08. The second-order valence-corrected chi connectivity index (χ2v) is 3.12. The van der Waals surface area contributed by atoms with Crippen molar-refractivity contribution >= 4 is 0 Å². The van der Waals surface area contributed by atoms with E-state index in [-0.39, 0.29) is 17.9 Å². The van der Waals surface area contributed by atoms with E-state index in [0.717, 1.165) is 12.8 Å². The lowest BCUT2D eigenvalue weighted by molar-refractivity contribution is 0.0449. The molecular weight excluding hydrogens is 172 g/mol. The monoisotopic (exact) mass is 184 g/mol. The molecular formula is C7H12N4O2. The maximum atomic E-state index is 10.7. The number of ether oxygens (including phenoxy) is 1. The predicted octanol–water partition coefficient (Wildman–Crippen LogP) is -0.723. The molecule has 6 heteroatoms. The highest BCUT2D eigenvalue weighted by atomic mass is 16.5. The van der Waals surface area contributed by atoms with Crippen LogP contribution in [0, 0.1) is 0 Å². The van der Waals surface area contributed by atoms with Gasteiger partial charge in [-0.1, -0.05) is 0 Å². The number of aromatic amines is 2. The summed E-state index contributed by atoms with van der Waals surface area (Å²) in [5.41, 5.74) is 5.16.